The molecule has 0 radical (unpaired) electrons. The van der Waals surface area contributed by atoms with Crippen molar-refractivity contribution in [1.29, 1.82) is 0 Å². The van der Waals surface area contributed by atoms with Crippen molar-refractivity contribution in [2.24, 2.45) is 0 Å². The maximum Gasteiger partial charge on any atom is 0.295 e. The van der Waals surface area contributed by atoms with Gasteiger partial charge >= 0.3 is 0 Å². The van der Waals surface area contributed by atoms with Crippen LogP contribution in [-0.2, 0) is 14.4 Å². The number of likely N-dealkylation sites (tertiary alicyclic amines) is 1. The van der Waals surface area contributed by atoms with Gasteiger partial charge in [-0.15, -0.1) is 0 Å². The lowest BCUT2D eigenvalue weighted by Crippen LogP contribution is -2.34. The van der Waals surface area contributed by atoms with Gasteiger partial charge in [0, 0.05) is 24.5 Å². The lowest BCUT2D eigenvalue weighted by atomic mass is 9.94. The number of hydrogen-bond donors (Lipinski definition) is 1. The Morgan fingerprint density at radius 2 is 1.83 bits per heavy atom. The molecule has 2 aliphatic heterocycles. The number of carboxylic acids is 1. The number of ether oxygens (including phenoxy) is 2. The summed E-state index contributed by atoms with van der Waals surface area (Å²) in [6.45, 7) is 1.69. The van der Waals surface area contributed by atoms with Crippen molar-refractivity contribution in [3.63, 3.8) is 0 Å². The van der Waals surface area contributed by atoms with Crippen LogP contribution in [0.1, 0.15) is 29.2 Å². The van der Waals surface area contributed by atoms with E-state index >= 15 is 0 Å². The highest BCUT2D eigenvalue weighted by Crippen LogP contribution is 2.42. The highest BCUT2D eigenvalue weighted by Gasteiger charge is 2.46. The first-order chi connectivity index (χ1) is 14.4. The standard InChI is InChI=1S/C22H19NO7/c1-12-2-4-13(5-3-12)20(26)18-19(14-6-7-15-16(10-14)30-11-29-15)23(9-8-17(24)25)22(28)21(18)27/h2-7,10,19,26H,8-9,11H2,1H3,(H,24,25)/p-1. The molecule has 1 fully saturated rings. The van der Waals surface area contributed by atoms with Crippen LogP contribution in [-0.4, -0.2) is 41.0 Å². The lowest BCUT2D eigenvalue weighted by Gasteiger charge is -2.25. The quantitative estimate of drug-likeness (QED) is 0.450. The van der Waals surface area contributed by atoms with Crippen LogP contribution in [0.15, 0.2) is 48.0 Å². The Kier molecular flexibility index (Phi) is 4.91. The van der Waals surface area contributed by atoms with Crippen LogP contribution in [0.25, 0.3) is 5.76 Å². The minimum absolute atomic E-state index is 0.0486. The summed E-state index contributed by atoms with van der Waals surface area (Å²) in [5.41, 5.74) is 1.73. The summed E-state index contributed by atoms with van der Waals surface area (Å²) in [4.78, 5) is 37.6. The third-order valence-electron chi connectivity index (χ3n) is 5.13. The minimum Gasteiger partial charge on any atom is -0.550 e. The molecule has 1 atom stereocenters. The number of carbonyl (C=O) groups is 3. The van der Waals surface area contributed by atoms with Gasteiger partial charge in [-0.2, -0.15) is 0 Å². The SMILES string of the molecule is Cc1ccc(C(O)=C2C(=O)C(=O)N(CCC(=O)[O-])C2c2ccc3c(c2)OCO3)cc1. The van der Waals surface area contributed by atoms with E-state index in [0.29, 0.717) is 22.6 Å². The highest BCUT2D eigenvalue weighted by molar-refractivity contribution is 6.46. The smallest absolute Gasteiger partial charge is 0.295 e. The molecule has 1 saturated heterocycles. The number of rotatable bonds is 5. The molecule has 2 aliphatic rings. The third kappa shape index (κ3) is 3.36. The summed E-state index contributed by atoms with van der Waals surface area (Å²) in [5, 5.41) is 21.9. The van der Waals surface area contributed by atoms with E-state index in [9.17, 15) is 24.6 Å². The van der Waals surface area contributed by atoms with Crippen molar-refractivity contribution >= 4 is 23.4 Å². The number of amides is 1. The molecule has 8 heteroatoms. The van der Waals surface area contributed by atoms with Crippen LogP contribution in [0, 0.1) is 6.92 Å². The Hall–Kier alpha value is -3.81. The van der Waals surface area contributed by atoms with Gasteiger partial charge in [-0.1, -0.05) is 35.9 Å². The maximum absolute atomic E-state index is 12.8. The van der Waals surface area contributed by atoms with Crippen LogP contribution in [0.5, 0.6) is 11.5 Å². The maximum atomic E-state index is 12.8. The molecule has 0 saturated carbocycles. The number of Topliss-reactive ketones (excluding diaryl/α,β-unsaturated/α-hetero) is 1. The van der Waals surface area contributed by atoms with Crippen molar-refractivity contribution in [3.8, 4) is 11.5 Å². The first-order valence-electron chi connectivity index (χ1n) is 9.31. The number of hydrogen-bond acceptors (Lipinski definition) is 7. The molecule has 4 rings (SSSR count). The van der Waals surface area contributed by atoms with Gasteiger partial charge in [0.2, 0.25) is 6.79 Å². The number of aliphatic hydroxyl groups is 1. The van der Waals surface area contributed by atoms with Gasteiger partial charge in [0.15, 0.2) is 11.5 Å². The van der Waals surface area contributed by atoms with Gasteiger partial charge in [0.05, 0.1) is 11.6 Å². The number of ketones is 1. The van der Waals surface area contributed by atoms with E-state index in [1.165, 1.54) is 0 Å². The van der Waals surface area contributed by atoms with Gasteiger partial charge < -0.3 is 29.4 Å². The molecule has 1 amide bonds. The minimum atomic E-state index is -1.35. The number of nitrogens with zero attached hydrogens (tertiary/aromatic N) is 1. The summed E-state index contributed by atoms with van der Waals surface area (Å²) in [6.07, 6.45) is -0.446. The number of benzene rings is 2. The van der Waals surface area contributed by atoms with E-state index in [1.807, 2.05) is 6.92 Å². The number of carbonyl (C=O) groups excluding carboxylic acids is 3. The number of aryl methyl sites for hydroxylation is 1. The second kappa shape index (κ2) is 7.55. The highest BCUT2D eigenvalue weighted by atomic mass is 16.7. The topological polar surface area (TPSA) is 116 Å². The van der Waals surface area contributed by atoms with Gasteiger partial charge in [0.25, 0.3) is 11.7 Å². The van der Waals surface area contributed by atoms with Crippen molar-refractivity contribution < 1.29 is 34.1 Å². The molecule has 1 N–H and O–H groups in total. The molecular formula is C22H18NO7-. The molecule has 0 aliphatic carbocycles. The zero-order valence-corrected chi connectivity index (χ0v) is 16.1. The van der Waals surface area contributed by atoms with E-state index in [4.69, 9.17) is 9.47 Å². The van der Waals surface area contributed by atoms with Gasteiger partial charge in [-0.25, -0.2) is 0 Å². The van der Waals surface area contributed by atoms with E-state index in [2.05, 4.69) is 0 Å². The molecule has 0 aromatic heterocycles. The normalized spacial score (nSPS) is 19.4. The Morgan fingerprint density at radius 3 is 2.53 bits per heavy atom. The molecule has 0 spiro atoms. The monoisotopic (exact) mass is 408 g/mol. The van der Waals surface area contributed by atoms with E-state index in [0.717, 1.165) is 10.5 Å². The Balaban J connectivity index is 1.84. The summed E-state index contributed by atoms with van der Waals surface area (Å²) in [5.74, 6) is -2.48. The molecule has 2 aromatic rings. The fraction of sp³-hybridized carbons (Fsp3) is 0.227. The molecule has 8 nitrogen and oxygen atoms in total. The zero-order chi connectivity index (χ0) is 21.4. The average molecular weight is 408 g/mol. The van der Waals surface area contributed by atoms with E-state index in [-0.39, 0.29) is 24.7 Å². The van der Waals surface area contributed by atoms with Gasteiger partial charge in [0.1, 0.15) is 5.76 Å². The predicted molar refractivity (Wildman–Crippen MR) is 102 cm³/mol. The van der Waals surface area contributed by atoms with Crippen molar-refractivity contribution in [2.45, 2.75) is 19.4 Å². The second-order valence-corrected chi connectivity index (χ2v) is 7.09. The second-order valence-electron chi connectivity index (χ2n) is 7.09. The number of fused-ring (bicyclic) bond motifs is 1. The van der Waals surface area contributed by atoms with Crippen LogP contribution in [0.2, 0.25) is 0 Å². The average Bonchev–Trinajstić information content (AvgIpc) is 3.29. The van der Waals surface area contributed by atoms with Crippen LogP contribution in [0.3, 0.4) is 0 Å². The Bertz CT molecular complexity index is 1070. The van der Waals surface area contributed by atoms with Gasteiger partial charge in [-0.3, -0.25) is 9.59 Å². The summed E-state index contributed by atoms with van der Waals surface area (Å²) >= 11 is 0. The molecular weight excluding hydrogens is 390 g/mol. The molecule has 1 unspecified atom stereocenters. The summed E-state index contributed by atoms with van der Waals surface area (Å²) in [6, 6.07) is 10.8. The molecule has 2 aromatic carbocycles. The van der Waals surface area contributed by atoms with Crippen LogP contribution < -0.4 is 14.6 Å². The van der Waals surface area contributed by atoms with E-state index in [1.54, 1.807) is 42.5 Å². The van der Waals surface area contributed by atoms with Crippen LogP contribution >= 0.6 is 0 Å². The largest absolute Gasteiger partial charge is 0.550 e. The zero-order valence-electron chi connectivity index (χ0n) is 16.1. The first-order valence-corrected chi connectivity index (χ1v) is 9.31. The van der Waals surface area contributed by atoms with Gasteiger partial charge in [-0.05, 0) is 24.6 Å². The third-order valence-corrected chi connectivity index (χ3v) is 5.13. The summed E-state index contributed by atoms with van der Waals surface area (Å²) in [7, 11) is 0. The fourth-order valence-electron chi connectivity index (χ4n) is 3.62. The molecule has 0 bridgehead atoms. The number of carboxylic acid groups (broad SMARTS) is 1. The Labute approximate surface area is 171 Å². The van der Waals surface area contributed by atoms with Crippen molar-refractivity contribution in [3.05, 3.63) is 64.7 Å². The van der Waals surface area contributed by atoms with E-state index < -0.39 is 30.1 Å². The first kappa shape index (κ1) is 19.5. The number of aliphatic carboxylic acids is 1. The fourth-order valence-corrected chi connectivity index (χ4v) is 3.62. The number of aliphatic hydroxyl groups excluding tert-OH is 1. The molecule has 154 valence electrons. The van der Waals surface area contributed by atoms with Crippen LogP contribution in [0.4, 0.5) is 0 Å². The summed E-state index contributed by atoms with van der Waals surface area (Å²) < 4.78 is 10.7. The van der Waals surface area contributed by atoms with Crippen molar-refractivity contribution in [2.75, 3.05) is 13.3 Å². The molecule has 30 heavy (non-hydrogen) atoms. The lowest BCUT2D eigenvalue weighted by molar-refractivity contribution is -0.305. The Morgan fingerprint density at radius 1 is 1.13 bits per heavy atom. The predicted octanol–water partition coefficient (Wildman–Crippen LogP) is 1.29. The van der Waals surface area contributed by atoms with Crippen molar-refractivity contribution in [1.82, 2.24) is 4.90 Å². The molecule has 2 heterocycles.